The highest BCUT2D eigenvalue weighted by Crippen LogP contribution is 2.14. The van der Waals surface area contributed by atoms with Crippen LogP contribution in [0.2, 0.25) is 0 Å². The predicted molar refractivity (Wildman–Crippen MR) is 66.0 cm³/mol. The lowest BCUT2D eigenvalue weighted by Crippen LogP contribution is -2.17. The van der Waals surface area contributed by atoms with Gasteiger partial charge in [-0.2, -0.15) is 0 Å². The summed E-state index contributed by atoms with van der Waals surface area (Å²) in [5.41, 5.74) is 2.90. The number of carbonyl (C=O) groups is 2. The number of aryl methyl sites for hydroxylation is 2. The Kier molecular flexibility index (Phi) is 4.44. The van der Waals surface area contributed by atoms with E-state index in [1.807, 2.05) is 26.0 Å². The molecule has 0 aliphatic rings. The number of rotatable bonds is 4. The molecule has 0 aliphatic heterocycles. The van der Waals surface area contributed by atoms with Crippen molar-refractivity contribution < 1.29 is 14.3 Å². The van der Waals surface area contributed by atoms with Gasteiger partial charge in [0.1, 0.15) is 0 Å². The minimum Gasteiger partial charge on any atom is -0.469 e. The number of methoxy groups -OCH3 is 1. The minimum atomic E-state index is -0.394. The van der Waals surface area contributed by atoms with Gasteiger partial charge in [-0.3, -0.25) is 9.59 Å². The lowest BCUT2D eigenvalue weighted by molar-refractivity contribution is -0.144. The van der Waals surface area contributed by atoms with Crippen LogP contribution in [0.15, 0.2) is 18.2 Å². The molecule has 0 amide bonds. The van der Waals surface area contributed by atoms with E-state index < -0.39 is 5.92 Å². The van der Waals surface area contributed by atoms with E-state index in [0.29, 0.717) is 5.56 Å². The van der Waals surface area contributed by atoms with Crippen LogP contribution in [0.4, 0.5) is 0 Å². The number of esters is 1. The Labute approximate surface area is 102 Å². The molecular weight excluding hydrogens is 216 g/mol. The van der Waals surface area contributed by atoms with Crippen molar-refractivity contribution in [3.63, 3.8) is 0 Å². The molecule has 0 aromatic heterocycles. The molecule has 0 bridgehead atoms. The maximum Gasteiger partial charge on any atom is 0.308 e. The predicted octanol–water partition coefficient (Wildman–Crippen LogP) is 2.69. The van der Waals surface area contributed by atoms with Gasteiger partial charge in [0.05, 0.1) is 13.0 Å². The highest BCUT2D eigenvalue weighted by Gasteiger charge is 2.18. The molecular formula is C14H18O3. The average molecular weight is 234 g/mol. The van der Waals surface area contributed by atoms with Crippen LogP contribution in [0.3, 0.4) is 0 Å². The molecule has 1 rings (SSSR count). The third-order valence-electron chi connectivity index (χ3n) is 2.92. The molecule has 0 saturated carbocycles. The minimum absolute atomic E-state index is 0.0222. The van der Waals surface area contributed by atoms with Gasteiger partial charge in [-0.05, 0) is 31.0 Å². The molecule has 17 heavy (non-hydrogen) atoms. The van der Waals surface area contributed by atoms with Gasteiger partial charge in [0.15, 0.2) is 5.78 Å². The van der Waals surface area contributed by atoms with Crippen molar-refractivity contribution in [1.29, 1.82) is 0 Å². The molecule has 92 valence electrons. The molecule has 0 heterocycles. The van der Waals surface area contributed by atoms with E-state index in [9.17, 15) is 9.59 Å². The molecule has 0 aliphatic carbocycles. The van der Waals surface area contributed by atoms with E-state index in [1.165, 1.54) is 7.11 Å². The molecule has 1 atom stereocenters. The number of Topliss-reactive ketones (excluding diaryl/α,β-unsaturated/α-hetero) is 1. The van der Waals surface area contributed by atoms with Crippen LogP contribution in [0, 0.1) is 19.8 Å². The molecule has 1 aromatic carbocycles. The molecule has 3 heteroatoms. The van der Waals surface area contributed by atoms with E-state index in [0.717, 1.165) is 11.1 Å². The lowest BCUT2D eigenvalue weighted by Gasteiger charge is -2.09. The first-order valence-electron chi connectivity index (χ1n) is 5.64. The Bertz CT molecular complexity index is 435. The molecule has 0 fully saturated rings. The Morgan fingerprint density at radius 3 is 2.41 bits per heavy atom. The summed E-state index contributed by atoms with van der Waals surface area (Å²) in [6, 6.07) is 5.59. The van der Waals surface area contributed by atoms with E-state index in [-0.39, 0.29) is 18.2 Å². The topological polar surface area (TPSA) is 43.4 Å². The molecule has 0 N–H and O–H groups in total. The van der Waals surface area contributed by atoms with Crippen molar-refractivity contribution in [2.75, 3.05) is 7.11 Å². The van der Waals surface area contributed by atoms with Crippen molar-refractivity contribution in [3.05, 3.63) is 34.9 Å². The summed E-state index contributed by atoms with van der Waals surface area (Å²) in [7, 11) is 1.33. The zero-order valence-electron chi connectivity index (χ0n) is 10.7. The fourth-order valence-electron chi connectivity index (χ4n) is 1.60. The quantitative estimate of drug-likeness (QED) is 0.594. The second kappa shape index (κ2) is 5.62. The van der Waals surface area contributed by atoms with E-state index in [1.54, 1.807) is 13.0 Å². The monoisotopic (exact) mass is 234 g/mol. The second-order valence-corrected chi connectivity index (χ2v) is 4.35. The summed E-state index contributed by atoms with van der Waals surface area (Å²) in [6.45, 7) is 5.67. The van der Waals surface area contributed by atoms with Crippen LogP contribution in [0.25, 0.3) is 0 Å². The van der Waals surface area contributed by atoms with Gasteiger partial charge in [0, 0.05) is 12.0 Å². The van der Waals surface area contributed by atoms with Crippen LogP contribution in [0.5, 0.6) is 0 Å². The van der Waals surface area contributed by atoms with Gasteiger partial charge in [-0.25, -0.2) is 0 Å². The van der Waals surface area contributed by atoms with Crippen LogP contribution >= 0.6 is 0 Å². The number of carbonyl (C=O) groups excluding carboxylic acids is 2. The summed E-state index contributed by atoms with van der Waals surface area (Å²) in [6.07, 6.45) is 0.190. The van der Waals surface area contributed by atoms with Crippen LogP contribution < -0.4 is 0 Å². The fraction of sp³-hybridized carbons (Fsp3) is 0.429. The highest BCUT2D eigenvalue weighted by atomic mass is 16.5. The Hall–Kier alpha value is -1.64. The van der Waals surface area contributed by atoms with Gasteiger partial charge in [-0.15, -0.1) is 0 Å². The average Bonchev–Trinajstić information content (AvgIpc) is 2.31. The van der Waals surface area contributed by atoms with E-state index >= 15 is 0 Å². The summed E-state index contributed by atoms with van der Waals surface area (Å²) >= 11 is 0. The largest absolute Gasteiger partial charge is 0.469 e. The van der Waals surface area contributed by atoms with Crippen molar-refractivity contribution in [1.82, 2.24) is 0 Å². The summed E-state index contributed by atoms with van der Waals surface area (Å²) < 4.78 is 4.60. The van der Waals surface area contributed by atoms with Crippen molar-refractivity contribution in [2.45, 2.75) is 27.2 Å². The standard InChI is InChI=1S/C14H18O3/c1-9-5-6-12(7-10(9)2)13(15)8-11(3)14(16)17-4/h5-7,11H,8H2,1-4H3. The lowest BCUT2D eigenvalue weighted by atomic mass is 9.97. The SMILES string of the molecule is COC(=O)C(C)CC(=O)c1ccc(C)c(C)c1. The third kappa shape index (κ3) is 3.41. The van der Waals surface area contributed by atoms with Gasteiger partial charge in [0.25, 0.3) is 0 Å². The fourth-order valence-corrected chi connectivity index (χ4v) is 1.60. The maximum atomic E-state index is 11.9. The van der Waals surface area contributed by atoms with Gasteiger partial charge >= 0.3 is 5.97 Å². The number of benzene rings is 1. The number of hydrogen-bond acceptors (Lipinski definition) is 3. The van der Waals surface area contributed by atoms with E-state index in [2.05, 4.69) is 4.74 Å². The molecule has 0 saturated heterocycles. The maximum absolute atomic E-state index is 11.9. The first-order chi connectivity index (χ1) is 7.95. The molecule has 1 unspecified atom stereocenters. The number of ketones is 1. The van der Waals surface area contributed by atoms with Crippen molar-refractivity contribution in [2.24, 2.45) is 5.92 Å². The van der Waals surface area contributed by atoms with Gasteiger partial charge in [0.2, 0.25) is 0 Å². The zero-order chi connectivity index (χ0) is 13.0. The van der Waals surface area contributed by atoms with Crippen molar-refractivity contribution >= 4 is 11.8 Å². The summed E-state index contributed by atoms with van der Waals surface area (Å²) in [5.74, 6) is -0.762. The van der Waals surface area contributed by atoms with E-state index in [4.69, 9.17) is 0 Å². The van der Waals surface area contributed by atoms with Crippen LogP contribution in [-0.4, -0.2) is 18.9 Å². The van der Waals surface area contributed by atoms with Crippen LogP contribution in [-0.2, 0) is 9.53 Å². The number of ether oxygens (including phenoxy) is 1. The molecule has 3 nitrogen and oxygen atoms in total. The summed E-state index contributed by atoms with van der Waals surface area (Å²) in [4.78, 5) is 23.2. The van der Waals surface area contributed by atoms with Crippen LogP contribution in [0.1, 0.15) is 34.8 Å². The smallest absolute Gasteiger partial charge is 0.308 e. The van der Waals surface area contributed by atoms with Gasteiger partial charge in [-0.1, -0.05) is 19.1 Å². The molecule has 0 spiro atoms. The Balaban J connectivity index is 2.76. The Morgan fingerprint density at radius 1 is 1.24 bits per heavy atom. The Morgan fingerprint density at radius 2 is 1.88 bits per heavy atom. The third-order valence-corrected chi connectivity index (χ3v) is 2.92. The molecule has 0 radical (unpaired) electrons. The van der Waals surface area contributed by atoms with Crippen molar-refractivity contribution in [3.8, 4) is 0 Å². The number of hydrogen-bond donors (Lipinski definition) is 0. The highest BCUT2D eigenvalue weighted by molar-refractivity contribution is 5.98. The molecule has 1 aromatic rings. The normalized spacial score (nSPS) is 12.0. The first-order valence-corrected chi connectivity index (χ1v) is 5.64. The summed E-state index contributed by atoms with van der Waals surface area (Å²) in [5, 5.41) is 0. The van der Waals surface area contributed by atoms with Gasteiger partial charge < -0.3 is 4.74 Å². The zero-order valence-corrected chi connectivity index (χ0v) is 10.7. The second-order valence-electron chi connectivity index (χ2n) is 4.35. The first kappa shape index (κ1) is 13.4.